The lowest BCUT2D eigenvalue weighted by Crippen LogP contribution is -2.46. The lowest BCUT2D eigenvalue weighted by atomic mass is 10.1. The summed E-state index contributed by atoms with van der Waals surface area (Å²) in [5.74, 6) is -2.96. The maximum atomic E-state index is 11.7. The first-order valence-corrected chi connectivity index (χ1v) is 6.02. The van der Waals surface area contributed by atoms with Crippen LogP contribution in [0.15, 0.2) is 30.3 Å². The van der Waals surface area contributed by atoms with E-state index in [2.05, 4.69) is 10.1 Å². The van der Waals surface area contributed by atoms with Crippen molar-refractivity contribution in [3.63, 3.8) is 0 Å². The van der Waals surface area contributed by atoms with E-state index in [0.717, 1.165) is 0 Å². The SMILES string of the molecule is O=C(O)C1CNC1.O=C(OCc1ccccc1)C(F)(F)F. The molecule has 1 heterocycles. The van der Waals surface area contributed by atoms with Crippen molar-refractivity contribution in [2.45, 2.75) is 12.8 Å². The van der Waals surface area contributed by atoms with Gasteiger partial charge in [-0.05, 0) is 5.56 Å². The summed E-state index contributed by atoms with van der Waals surface area (Å²) in [6.07, 6.45) is -4.92. The van der Waals surface area contributed by atoms with Crippen LogP contribution in [0.3, 0.4) is 0 Å². The van der Waals surface area contributed by atoms with E-state index in [9.17, 15) is 22.8 Å². The number of hydrogen-bond donors (Lipinski definition) is 2. The molecule has 0 amide bonds. The van der Waals surface area contributed by atoms with Crippen molar-refractivity contribution in [3.05, 3.63) is 35.9 Å². The van der Waals surface area contributed by atoms with Crippen LogP contribution in [0.2, 0.25) is 0 Å². The molecular formula is C13H14F3NO4. The van der Waals surface area contributed by atoms with Crippen LogP contribution in [0.25, 0.3) is 0 Å². The van der Waals surface area contributed by atoms with Crippen LogP contribution < -0.4 is 5.32 Å². The zero-order valence-corrected chi connectivity index (χ0v) is 10.9. The van der Waals surface area contributed by atoms with Crippen molar-refractivity contribution in [3.8, 4) is 0 Å². The van der Waals surface area contributed by atoms with Crippen LogP contribution in [-0.4, -0.2) is 36.3 Å². The Bertz CT molecular complexity index is 472. The van der Waals surface area contributed by atoms with Crippen molar-refractivity contribution < 1.29 is 32.6 Å². The molecular weight excluding hydrogens is 291 g/mol. The average Bonchev–Trinajstić information content (AvgIpc) is 2.34. The number of hydrogen-bond acceptors (Lipinski definition) is 4. The van der Waals surface area contributed by atoms with E-state index in [1.165, 1.54) is 0 Å². The molecule has 0 atom stereocenters. The number of carbonyl (C=O) groups is 2. The minimum Gasteiger partial charge on any atom is -0.481 e. The number of ether oxygens (including phenoxy) is 1. The summed E-state index contributed by atoms with van der Waals surface area (Å²) in [5.41, 5.74) is 0.519. The lowest BCUT2D eigenvalue weighted by Gasteiger charge is -2.21. The summed E-state index contributed by atoms with van der Waals surface area (Å²) in [5, 5.41) is 11.1. The maximum absolute atomic E-state index is 11.7. The number of esters is 1. The Morgan fingerprint density at radius 2 is 1.81 bits per heavy atom. The van der Waals surface area contributed by atoms with Gasteiger partial charge in [0.15, 0.2) is 0 Å². The number of rotatable bonds is 3. The molecule has 0 aliphatic carbocycles. The first-order chi connectivity index (χ1) is 9.80. The monoisotopic (exact) mass is 305 g/mol. The zero-order chi connectivity index (χ0) is 15.9. The highest BCUT2D eigenvalue weighted by atomic mass is 19.4. The number of halogens is 3. The van der Waals surface area contributed by atoms with Crippen molar-refractivity contribution in [2.24, 2.45) is 5.92 Å². The molecule has 2 N–H and O–H groups in total. The summed E-state index contributed by atoms with van der Waals surface area (Å²) in [6, 6.07) is 8.16. The summed E-state index contributed by atoms with van der Waals surface area (Å²) < 4.78 is 39.1. The fourth-order valence-electron chi connectivity index (χ4n) is 1.27. The second-order valence-corrected chi connectivity index (χ2v) is 4.25. The maximum Gasteiger partial charge on any atom is 0.490 e. The molecule has 0 saturated carbocycles. The molecule has 1 aromatic carbocycles. The van der Waals surface area contributed by atoms with Crippen LogP contribution in [0.1, 0.15) is 5.56 Å². The molecule has 1 aliphatic rings. The van der Waals surface area contributed by atoms with E-state index >= 15 is 0 Å². The highest BCUT2D eigenvalue weighted by molar-refractivity contribution is 5.75. The molecule has 21 heavy (non-hydrogen) atoms. The quantitative estimate of drug-likeness (QED) is 0.829. The number of aliphatic carboxylic acids is 1. The van der Waals surface area contributed by atoms with Gasteiger partial charge in [-0.25, -0.2) is 4.79 Å². The van der Waals surface area contributed by atoms with Crippen LogP contribution in [0.4, 0.5) is 13.2 Å². The molecule has 0 unspecified atom stereocenters. The van der Waals surface area contributed by atoms with Gasteiger partial charge in [-0.15, -0.1) is 0 Å². The molecule has 0 bridgehead atoms. The van der Waals surface area contributed by atoms with Crippen LogP contribution in [-0.2, 0) is 20.9 Å². The number of carboxylic acid groups (broad SMARTS) is 1. The molecule has 0 spiro atoms. The van der Waals surface area contributed by atoms with E-state index in [4.69, 9.17) is 5.11 Å². The Hall–Kier alpha value is -2.09. The molecule has 0 radical (unpaired) electrons. The van der Waals surface area contributed by atoms with Gasteiger partial charge in [-0.3, -0.25) is 4.79 Å². The van der Waals surface area contributed by atoms with Crippen molar-refractivity contribution in [1.29, 1.82) is 0 Å². The van der Waals surface area contributed by atoms with Crippen LogP contribution in [0.5, 0.6) is 0 Å². The highest BCUT2D eigenvalue weighted by Crippen LogP contribution is 2.17. The first kappa shape index (κ1) is 17.0. The highest BCUT2D eigenvalue weighted by Gasteiger charge is 2.40. The van der Waals surface area contributed by atoms with E-state index in [1.54, 1.807) is 30.3 Å². The number of carboxylic acids is 1. The van der Waals surface area contributed by atoms with Crippen molar-refractivity contribution in [1.82, 2.24) is 5.32 Å². The van der Waals surface area contributed by atoms with Gasteiger partial charge >= 0.3 is 18.1 Å². The molecule has 8 heteroatoms. The second-order valence-electron chi connectivity index (χ2n) is 4.25. The van der Waals surface area contributed by atoms with Gasteiger partial charge in [-0.1, -0.05) is 30.3 Å². The largest absolute Gasteiger partial charge is 0.490 e. The van der Waals surface area contributed by atoms with Gasteiger partial charge in [0, 0.05) is 13.1 Å². The van der Waals surface area contributed by atoms with Gasteiger partial charge in [0.25, 0.3) is 0 Å². The molecule has 1 aliphatic heterocycles. The van der Waals surface area contributed by atoms with Crippen molar-refractivity contribution in [2.75, 3.05) is 13.1 Å². The first-order valence-electron chi connectivity index (χ1n) is 6.02. The summed E-state index contributed by atoms with van der Waals surface area (Å²) in [6.45, 7) is 0.934. The molecule has 1 saturated heterocycles. The summed E-state index contributed by atoms with van der Waals surface area (Å²) >= 11 is 0. The minimum atomic E-state index is -4.92. The third kappa shape index (κ3) is 6.26. The van der Waals surface area contributed by atoms with E-state index < -0.39 is 18.1 Å². The fraction of sp³-hybridized carbons (Fsp3) is 0.385. The third-order valence-electron chi connectivity index (χ3n) is 2.57. The van der Waals surface area contributed by atoms with E-state index in [1.807, 2.05) is 0 Å². The Morgan fingerprint density at radius 1 is 1.24 bits per heavy atom. The summed E-state index contributed by atoms with van der Waals surface area (Å²) in [7, 11) is 0. The predicted octanol–water partition coefficient (Wildman–Crippen LogP) is 1.58. The molecule has 2 rings (SSSR count). The number of benzene rings is 1. The standard InChI is InChI=1S/C9H7F3O2.C4H7NO2/c10-9(11,12)8(13)14-6-7-4-2-1-3-5-7;6-4(7)3-1-5-2-3/h1-5H,6H2;3,5H,1-2H2,(H,6,7). The third-order valence-corrected chi connectivity index (χ3v) is 2.57. The van der Waals surface area contributed by atoms with Crippen LogP contribution >= 0.6 is 0 Å². The van der Waals surface area contributed by atoms with Gasteiger partial charge in [0.1, 0.15) is 6.61 Å². The Morgan fingerprint density at radius 3 is 2.14 bits per heavy atom. The number of carbonyl (C=O) groups excluding carboxylic acids is 1. The molecule has 1 aromatic rings. The van der Waals surface area contributed by atoms with E-state index in [0.29, 0.717) is 18.7 Å². The van der Waals surface area contributed by atoms with Gasteiger partial charge in [0.2, 0.25) is 0 Å². The smallest absolute Gasteiger partial charge is 0.481 e. The van der Waals surface area contributed by atoms with Gasteiger partial charge in [0.05, 0.1) is 5.92 Å². The molecule has 1 fully saturated rings. The topological polar surface area (TPSA) is 75.6 Å². The number of nitrogens with one attached hydrogen (secondary N) is 1. The van der Waals surface area contributed by atoms with Crippen molar-refractivity contribution >= 4 is 11.9 Å². The second kappa shape index (κ2) is 7.63. The number of alkyl halides is 3. The Kier molecular flexibility index (Phi) is 6.16. The Labute approximate surface area is 118 Å². The molecule has 0 aromatic heterocycles. The molecule has 116 valence electrons. The minimum absolute atomic E-state index is 0.111. The van der Waals surface area contributed by atoms with E-state index in [-0.39, 0.29) is 12.5 Å². The van der Waals surface area contributed by atoms with Gasteiger partial charge < -0.3 is 15.2 Å². The lowest BCUT2D eigenvalue weighted by molar-refractivity contribution is -0.201. The predicted molar refractivity (Wildman–Crippen MR) is 66.3 cm³/mol. The van der Waals surface area contributed by atoms with Crippen LogP contribution in [0, 0.1) is 5.92 Å². The van der Waals surface area contributed by atoms with Gasteiger partial charge in [-0.2, -0.15) is 13.2 Å². The summed E-state index contributed by atoms with van der Waals surface area (Å²) in [4.78, 5) is 20.2. The fourth-order valence-corrected chi connectivity index (χ4v) is 1.27. The average molecular weight is 305 g/mol. The Balaban J connectivity index is 0.000000262. The molecule has 5 nitrogen and oxygen atoms in total. The normalized spacial score (nSPS) is 14.4. The zero-order valence-electron chi connectivity index (χ0n) is 10.9.